The van der Waals surface area contributed by atoms with Gasteiger partial charge in [0.25, 0.3) is 11.8 Å². The predicted octanol–water partition coefficient (Wildman–Crippen LogP) is 1.92. The predicted molar refractivity (Wildman–Crippen MR) is 112 cm³/mol. The van der Waals surface area contributed by atoms with Crippen molar-refractivity contribution in [1.29, 1.82) is 0 Å². The lowest BCUT2D eigenvalue weighted by molar-refractivity contribution is 0.0842. The number of benzene rings is 1. The first-order valence-corrected chi connectivity index (χ1v) is 11.4. The van der Waals surface area contributed by atoms with Crippen LogP contribution in [-0.4, -0.2) is 35.7 Å². The number of carbonyl (C=O) groups is 2. The highest BCUT2D eigenvalue weighted by Crippen LogP contribution is 2.25. The van der Waals surface area contributed by atoms with Crippen molar-refractivity contribution in [3.8, 4) is 0 Å². The molecule has 0 aliphatic heterocycles. The van der Waals surface area contributed by atoms with E-state index in [1.165, 1.54) is 18.2 Å². The van der Waals surface area contributed by atoms with Crippen LogP contribution >= 0.6 is 15.9 Å². The van der Waals surface area contributed by atoms with E-state index in [9.17, 15) is 18.0 Å². The first-order chi connectivity index (χ1) is 14.3. The highest BCUT2D eigenvalue weighted by atomic mass is 79.9. The monoisotopic (exact) mass is 491 g/mol. The van der Waals surface area contributed by atoms with Crippen LogP contribution in [-0.2, 0) is 10.0 Å². The number of imidazole rings is 1. The quantitative estimate of drug-likeness (QED) is 0.470. The maximum absolute atomic E-state index is 12.6. The van der Waals surface area contributed by atoms with Crippen molar-refractivity contribution < 1.29 is 18.0 Å². The average molecular weight is 492 g/mol. The fourth-order valence-electron chi connectivity index (χ4n) is 2.96. The van der Waals surface area contributed by atoms with Gasteiger partial charge in [0.05, 0.1) is 16.2 Å². The van der Waals surface area contributed by atoms with Gasteiger partial charge in [0.1, 0.15) is 11.3 Å². The number of aromatic nitrogens is 2. The van der Waals surface area contributed by atoms with Crippen LogP contribution in [0.3, 0.4) is 0 Å². The maximum Gasteiger partial charge on any atom is 0.288 e. The summed E-state index contributed by atoms with van der Waals surface area (Å²) in [6.45, 7) is 1.70. The number of pyridine rings is 1. The van der Waals surface area contributed by atoms with E-state index >= 15 is 0 Å². The van der Waals surface area contributed by atoms with E-state index in [4.69, 9.17) is 0 Å². The number of amides is 2. The summed E-state index contributed by atoms with van der Waals surface area (Å²) in [5.41, 5.74) is 6.16. The van der Waals surface area contributed by atoms with Crippen LogP contribution in [0.5, 0.6) is 0 Å². The summed E-state index contributed by atoms with van der Waals surface area (Å²) < 4.78 is 29.4. The smallest absolute Gasteiger partial charge is 0.288 e. The summed E-state index contributed by atoms with van der Waals surface area (Å²) >= 11 is 3.25. The summed E-state index contributed by atoms with van der Waals surface area (Å²) in [4.78, 5) is 29.5. The van der Waals surface area contributed by atoms with Crippen LogP contribution in [0, 0.1) is 6.92 Å². The molecule has 4 rings (SSSR count). The fraction of sp³-hybridized carbons (Fsp3) is 0.211. The molecule has 1 aliphatic carbocycles. The summed E-state index contributed by atoms with van der Waals surface area (Å²) in [6, 6.07) is 9.43. The van der Waals surface area contributed by atoms with Crippen molar-refractivity contribution in [3.05, 3.63) is 64.0 Å². The van der Waals surface area contributed by atoms with Crippen molar-refractivity contribution in [2.75, 3.05) is 0 Å². The number of nitrogens with one attached hydrogen (secondary N) is 3. The van der Waals surface area contributed by atoms with Crippen LogP contribution in [0.15, 0.2) is 52.0 Å². The molecule has 0 bridgehead atoms. The zero-order valence-electron chi connectivity index (χ0n) is 15.8. The van der Waals surface area contributed by atoms with Crippen molar-refractivity contribution in [2.24, 2.45) is 0 Å². The highest BCUT2D eigenvalue weighted by molar-refractivity contribution is 9.10. The number of sulfonamides is 1. The highest BCUT2D eigenvalue weighted by Gasteiger charge is 2.28. The Morgan fingerprint density at radius 3 is 2.60 bits per heavy atom. The third-order valence-electron chi connectivity index (χ3n) is 4.60. The van der Waals surface area contributed by atoms with Gasteiger partial charge in [0, 0.05) is 16.7 Å². The Hall–Kier alpha value is -2.76. The molecule has 156 valence electrons. The number of hydrogen-bond donors (Lipinski definition) is 3. The first-order valence-electron chi connectivity index (χ1n) is 9.12. The Bertz CT molecular complexity index is 1270. The summed E-state index contributed by atoms with van der Waals surface area (Å²) in [7, 11) is -3.72. The fourth-order valence-corrected chi connectivity index (χ4v) is 4.72. The summed E-state index contributed by atoms with van der Waals surface area (Å²) in [5, 5.41) is 0. The SMILES string of the molecule is Cc1nc2ccccn2c1C(=O)NNC(=O)c1cc(S(=O)(=O)NC2CC2)ccc1Br. The third-order valence-corrected chi connectivity index (χ3v) is 6.81. The minimum absolute atomic E-state index is 0.0216. The molecule has 3 aromatic rings. The molecule has 0 unspecified atom stereocenters. The van der Waals surface area contributed by atoms with Crippen LogP contribution < -0.4 is 15.6 Å². The number of hydrogen-bond acceptors (Lipinski definition) is 5. The Labute approximate surface area is 181 Å². The maximum atomic E-state index is 12.6. The zero-order chi connectivity index (χ0) is 21.5. The molecule has 1 aromatic carbocycles. The van der Waals surface area contributed by atoms with Gasteiger partial charge in [-0.1, -0.05) is 6.07 Å². The van der Waals surface area contributed by atoms with Crippen molar-refractivity contribution >= 4 is 43.4 Å². The molecular weight excluding hydrogens is 474 g/mol. The number of nitrogens with zero attached hydrogens (tertiary/aromatic N) is 2. The van der Waals surface area contributed by atoms with Crippen LogP contribution in [0.25, 0.3) is 5.65 Å². The summed E-state index contributed by atoms with van der Waals surface area (Å²) in [5.74, 6) is -1.21. The molecule has 1 fully saturated rings. The average Bonchev–Trinajstić information content (AvgIpc) is 3.44. The number of rotatable bonds is 5. The minimum Gasteiger partial charge on any atom is -0.295 e. The molecule has 0 atom stereocenters. The van der Waals surface area contributed by atoms with E-state index in [1.807, 2.05) is 6.07 Å². The largest absolute Gasteiger partial charge is 0.295 e. The second-order valence-corrected chi connectivity index (χ2v) is 9.49. The molecule has 0 spiro atoms. The van der Waals surface area contributed by atoms with E-state index in [1.54, 1.807) is 29.7 Å². The van der Waals surface area contributed by atoms with Crippen LogP contribution in [0.4, 0.5) is 0 Å². The van der Waals surface area contributed by atoms with Gasteiger partial charge in [-0.15, -0.1) is 0 Å². The molecule has 0 radical (unpaired) electrons. The Morgan fingerprint density at radius 1 is 1.13 bits per heavy atom. The lowest BCUT2D eigenvalue weighted by atomic mass is 10.2. The summed E-state index contributed by atoms with van der Waals surface area (Å²) in [6.07, 6.45) is 3.31. The molecule has 9 nitrogen and oxygen atoms in total. The van der Waals surface area contributed by atoms with Crippen LogP contribution in [0.2, 0.25) is 0 Å². The van der Waals surface area contributed by atoms with Crippen molar-refractivity contribution in [1.82, 2.24) is 25.0 Å². The lowest BCUT2D eigenvalue weighted by Crippen LogP contribution is -2.42. The van der Waals surface area contributed by atoms with E-state index in [0.717, 1.165) is 12.8 Å². The number of carbonyl (C=O) groups excluding carboxylic acids is 2. The topological polar surface area (TPSA) is 122 Å². The standard InChI is InChI=1S/C19H18BrN5O4S/c1-11-17(25-9-3-2-4-16(25)21-11)19(27)23-22-18(26)14-10-13(7-8-15(14)20)30(28,29)24-12-5-6-12/h2-4,7-10,12,24H,5-6H2,1H3,(H,22,26)(H,23,27). The second-order valence-electron chi connectivity index (χ2n) is 6.92. The van der Waals surface area contributed by atoms with Gasteiger partial charge in [-0.3, -0.25) is 24.8 Å². The van der Waals surface area contributed by atoms with Gasteiger partial charge < -0.3 is 0 Å². The number of aryl methyl sites for hydroxylation is 1. The normalized spacial score (nSPS) is 13.9. The van der Waals surface area contributed by atoms with Gasteiger partial charge in [-0.05, 0) is 66.0 Å². The van der Waals surface area contributed by atoms with Gasteiger partial charge in [-0.25, -0.2) is 18.1 Å². The van der Waals surface area contributed by atoms with Gasteiger partial charge in [-0.2, -0.15) is 0 Å². The van der Waals surface area contributed by atoms with E-state index < -0.39 is 21.8 Å². The van der Waals surface area contributed by atoms with E-state index in [-0.39, 0.29) is 22.2 Å². The second kappa shape index (κ2) is 7.82. The zero-order valence-corrected chi connectivity index (χ0v) is 18.2. The Kier molecular flexibility index (Phi) is 5.35. The number of hydrazine groups is 1. The molecule has 3 N–H and O–H groups in total. The molecule has 2 aromatic heterocycles. The molecule has 1 aliphatic rings. The molecule has 11 heteroatoms. The van der Waals surface area contributed by atoms with Gasteiger partial charge in [0.2, 0.25) is 10.0 Å². The molecule has 30 heavy (non-hydrogen) atoms. The van der Waals surface area contributed by atoms with E-state index in [2.05, 4.69) is 36.5 Å². The minimum atomic E-state index is -3.72. The number of fused-ring (bicyclic) bond motifs is 1. The third kappa shape index (κ3) is 4.09. The van der Waals surface area contributed by atoms with Gasteiger partial charge >= 0.3 is 0 Å². The van der Waals surface area contributed by atoms with Crippen molar-refractivity contribution in [2.45, 2.75) is 30.7 Å². The molecule has 0 saturated heterocycles. The number of halogens is 1. The molecular formula is C19H18BrN5O4S. The molecule has 2 amide bonds. The first kappa shape index (κ1) is 20.5. The Balaban J connectivity index is 1.52. The van der Waals surface area contributed by atoms with E-state index in [0.29, 0.717) is 15.8 Å². The Morgan fingerprint density at radius 2 is 1.87 bits per heavy atom. The lowest BCUT2D eigenvalue weighted by Gasteiger charge is -2.11. The molecule has 2 heterocycles. The molecule has 1 saturated carbocycles. The van der Waals surface area contributed by atoms with Crippen LogP contribution in [0.1, 0.15) is 39.4 Å². The van der Waals surface area contributed by atoms with Gasteiger partial charge in [0.15, 0.2) is 0 Å². The van der Waals surface area contributed by atoms with Crippen molar-refractivity contribution in [3.63, 3.8) is 0 Å².